The van der Waals surface area contributed by atoms with Crippen LogP contribution >= 0.6 is 11.6 Å². The van der Waals surface area contributed by atoms with Crippen LogP contribution in [0, 0.1) is 5.82 Å². The van der Waals surface area contributed by atoms with Crippen LogP contribution in [0.5, 0.6) is 0 Å². The monoisotopic (exact) mass is 269 g/mol. The number of halogens is 2. The first kappa shape index (κ1) is 12.4. The first-order chi connectivity index (χ1) is 8.58. The minimum atomic E-state index is -0.406. The molecule has 2 aliphatic heterocycles. The average molecular weight is 270 g/mol. The van der Waals surface area contributed by atoms with Crippen molar-refractivity contribution in [3.8, 4) is 0 Å². The van der Waals surface area contributed by atoms with E-state index in [2.05, 4.69) is 11.9 Å². The summed E-state index contributed by atoms with van der Waals surface area (Å²) in [6.07, 6.45) is 2.67. The topological polar surface area (TPSA) is 23.5 Å². The summed E-state index contributed by atoms with van der Waals surface area (Å²) in [4.78, 5) is 2.28. The highest BCUT2D eigenvalue weighted by atomic mass is 35.5. The van der Waals surface area contributed by atoms with Crippen molar-refractivity contribution >= 4 is 11.6 Å². The lowest BCUT2D eigenvalue weighted by atomic mass is 9.83. The number of rotatable bonds is 1. The highest BCUT2D eigenvalue weighted by Gasteiger charge is 2.45. The fraction of sp³-hybridized carbons (Fsp3) is 0.571. The lowest BCUT2D eigenvalue weighted by Gasteiger charge is -2.40. The van der Waals surface area contributed by atoms with Crippen molar-refractivity contribution in [1.82, 2.24) is 4.90 Å². The molecule has 98 valence electrons. The minimum absolute atomic E-state index is 0.0341. The average Bonchev–Trinajstić information content (AvgIpc) is 2.57. The Morgan fingerprint density at radius 1 is 1.39 bits per heavy atom. The van der Waals surface area contributed by atoms with E-state index < -0.39 is 6.10 Å². The number of fused-ring (bicyclic) bond motifs is 2. The number of aliphatic hydroxyl groups is 1. The lowest BCUT2D eigenvalue weighted by Crippen LogP contribution is -2.48. The van der Waals surface area contributed by atoms with Crippen LogP contribution in [-0.2, 0) is 0 Å². The number of hydrogen-bond acceptors (Lipinski definition) is 2. The van der Waals surface area contributed by atoms with Gasteiger partial charge in [0.2, 0.25) is 0 Å². The van der Waals surface area contributed by atoms with Crippen LogP contribution in [-0.4, -0.2) is 35.2 Å². The molecule has 2 heterocycles. The molecule has 4 atom stereocenters. The molecule has 0 amide bonds. The van der Waals surface area contributed by atoms with Gasteiger partial charge in [-0.15, -0.1) is 0 Å². The van der Waals surface area contributed by atoms with Crippen LogP contribution in [0.1, 0.15) is 30.7 Å². The van der Waals surface area contributed by atoms with Gasteiger partial charge < -0.3 is 5.11 Å². The van der Waals surface area contributed by atoms with Gasteiger partial charge in [-0.2, -0.15) is 0 Å². The normalized spacial score (nSPS) is 36.0. The zero-order valence-corrected chi connectivity index (χ0v) is 11.1. The molecule has 2 aliphatic rings. The van der Waals surface area contributed by atoms with Crippen molar-refractivity contribution < 1.29 is 9.50 Å². The third-order valence-corrected chi connectivity index (χ3v) is 4.92. The zero-order chi connectivity index (χ0) is 12.9. The smallest absolute Gasteiger partial charge is 0.124 e. The molecule has 0 saturated carbocycles. The summed E-state index contributed by atoms with van der Waals surface area (Å²) in [6.45, 7) is 0. The van der Waals surface area contributed by atoms with Gasteiger partial charge in [-0.25, -0.2) is 4.39 Å². The zero-order valence-electron chi connectivity index (χ0n) is 10.3. The molecule has 3 rings (SSSR count). The summed E-state index contributed by atoms with van der Waals surface area (Å²) >= 11 is 6.12. The second kappa shape index (κ2) is 4.48. The first-order valence-electron chi connectivity index (χ1n) is 6.43. The maximum atomic E-state index is 13.1. The van der Waals surface area contributed by atoms with Crippen LogP contribution in [0.15, 0.2) is 18.2 Å². The van der Waals surface area contributed by atoms with Crippen LogP contribution in [0.25, 0.3) is 0 Å². The van der Waals surface area contributed by atoms with E-state index in [0.717, 1.165) is 24.8 Å². The second-order valence-electron chi connectivity index (χ2n) is 5.46. The van der Waals surface area contributed by atoms with Gasteiger partial charge in [-0.05, 0) is 44.0 Å². The summed E-state index contributed by atoms with van der Waals surface area (Å²) < 4.78 is 13.1. The Kier molecular flexibility index (Phi) is 3.08. The van der Waals surface area contributed by atoms with Crippen molar-refractivity contribution in [3.05, 3.63) is 34.6 Å². The van der Waals surface area contributed by atoms with Gasteiger partial charge in [0.15, 0.2) is 0 Å². The van der Waals surface area contributed by atoms with Gasteiger partial charge in [0.25, 0.3) is 0 Å². The van der Waals surface area contributed by atoms with Crippen molar-refractivity contribution in [3.63, 3.8) is 0 Å². The molecule has 1 aromatic rings. The molecule has 0 spiro atoms. The third-order valence-electron chi connectivity index (χ3n) is 4.59. The number of likely N-dealkylation sites (N-methyl/N-ethyl adjacent to an activating group) is 1. The fourth-order valence-corrected chi connectivity index (χ4v) is 3.86. The van der Waals surface area contributed by atoms with Crippen LogP contribution < -0.4 is 0 Å². The summed E-state index contributed by atoms with van der Waals surface area (Å²) in [5.41, 5.74) is 0.885. The first-order valence-corrected chi connectivity index (χ1v) is 6.80. The van der Waals surface area contributed by atoms with E-state index in [4.69, 9.17) is 11.6 Å². The fourth-order valence-electron chi connectivity index (χ4n) is 3.55. The molecule has 0 radical (unpaired) electrons. The molecule has 0 aliphatic carbocycles. The number of hydrogen-bond donors (Lipinski definition) is 1. The molecule has 1 N–H and O–H groups in total. The summed E-state index contributed by atoms with van der Waals surface area (Å²) in [7, 11) is 2.08. The third kappa shape index (κ3) is 1.85. The number of aliphatic hydroxyl groups excluding tert-OH is 1. The van der Waals surface area contributed by atoms with Crippen LogP contribution in [0.4, 0.5) is 4.39 Å². The molecule has 2 bridgehead atoms. The quantitative estimate of drug-likeness (QED) is 0.847. The SMILES string of the molecule is CN1C2CCC1C(O)C(c1ccc(F)cc1Cl)C2. The molecule has 1 aromatic carbocycles. The van der Waals surface area contributed by atoms with Crippen molar-refractivity contribution in [2.75, 3.05) is 7.05 Å². The van der Waals surface area contributed by atoms with E-state index in [9.17, 15) is 9.50 Å². The molecule has 18 heavy (non-hydrogen) atoms. The summed E-state index contributed by atoms with van der Waals surface area (Å²) in [5.74, 6) is -0.291. The molecular formula is C14H17ClFNO. The maximum Gasteiger partial charge on any atom is 0.124 e. The van der Waals surface area contributed by atoms with Crippen LogP contribution in [0.3, 0.4) is 0 Å². The van der Waals surface area contributed by atoms with Crippen molar-refractivity contribution in [2.24, 2.45) is 0 Å². The van der Waals surface area contributed by atoms with Gasteiger partial charge in [-0.1, -0.05) is 17.7 Å². The largest absolute Gasteiger partial charge is 0.391 e. The van der Waals surface area contributed by atoms with E-state index in [1.165, 1.54) is 12.1 Å². The molecule has 4 heteroatoms. The summed E-state index contributed by atoms with van der Waals surface area (Å²) in [6, 6.07) is 5.22. The predicted octanol–water partition coefficient (Wildman–Crippen LogP) is 2.79. The number of benzene rings is 1. The Morgan fingerprint density at radius 3 is 2.89 bits per heavy atom. The minimum Gasteiger partial charge on any atom is -0.391 e. The molecule has 2 fully saturated rings. The van der Waals surface area contributed by atoms with E-state index in [1.807, 2.05) is 0 Å². The second-order valence-corrected chi connectivity index (χ2v) is 5.87. The van der Waals surface area contributed by atoms with Crippen molar-refractivity contribution in [2.45, 2.75) is 43.4 Å². The Hall–Kier alpha value is -0.640. The Balaban J connectivity index is 1.93. The highest BCUT2D eigenvalue weighted by molar-refractivity contribution is 6.31. The van der Waals surface area contributed by atoms with Gasteiger partial charge in [0.1, 0.15) is 5.82 Å². The molecule has 4 unspecified atom stereocenters. The van der Waals surface area contributed by atoms with E-state index in [0.29, 0.717) is 11.1 Å². The van der Waals surface area contributed by atoms with E-state index >= 15 is 0 Å². The maximum absolute atomic E-state index is 13.1. The molecule has 2 saturated heterocycles. The number of nitrogens with zero attached hydrogens (tertiary/aromatic N) is 1. The van der Waals surface area contributed by atoms with Crippen molar-refractivity contribution in [1.29, 1.82) is 0 Å². The Morgan fingerprint density at radius 2 is 2.17 bits per heavy atom. The summed E-state index contributed by atoms with van der Waals surface area (Å²) in [5, 5.41) is 10.9. The standard InChI is InChI=1S/C14H17ClFNO/c1-17-9-3-5-13(17)14(18)11(7-9)10-4-2-8(16)6-12(10)15/h2,4,6,9,11,13-14,18H,3,5,7H2,1H3. The predicted molar refractivity (Wildman–Crippen MR) is 69.3 cm³/mol. The lowest BCUT2D eigenvalue weighted by molar-refractivity contribution is 0.0112. The van der Waals surface area contributed by atoms with E-state index in [1.54, 1.807) is 6.07 Å². The van der Waals surface area contributed by atoms with Crippen LogP contribution in [0.2, 0.25) is 5.02 Å². The number of piperidine rings is 1. The molecular weight excluding hydrogens is 253 g/mol. The van der Waals surface area contributed by atoms with Gasteiger partial charge in [0, 0.05) is 23.0 Å². The van der Waals surface area contributed by atoms with Gasteiger partial charge >= 0.3 is 0 Å². The van der Waals surface area contributed by atoms with Gasteiger partial charge in [-0.3, -0.25) is 4.90 Å². The highest BCUT2D eigenvalue weighted by Crippen LogP contribution is 2.43. The Labute approximate surface area is 111 Å². The molecule has 2 nitrogen and oxygen atoms in total. The van der Waals surface area contributed by atoms with E-state index in [-0.39, 0.29) is 17.8 Å². The molecule has 0 aromatic heterocycles. The van der Waals surface area contributed by atoms with Gasteiger partial charge in [0.05, 0.1) is 6.10 Å². The Bertz CT molecular complexity index is 467.